The molecule has 0 bridgehead atoms. The summed E-state index contributed by atoms with van der Waals surface area (Å²) in [4.78, 5) is 18.9. The van der Waals surface area contributed by atoms with Gasteiger partial charge in [-0.05, 0) is 32.4 Å². The van der Waals surface area contributed by atoms with E-state index in [-0.39, 0.29) is 16.8 Å². The highest BCUT2D eigenvalue weighted by Crippen LogP contribution is 2.32. The Morgan fingerprint density at radius 3 is 2.57 bits per heavy atom. The molecule has 1 unspecified atom stereocenters. The molecule has 0 aliphatic rings. The van der Waals surface area contributed by atoms with Gasteiger partial charge in [0, 0.05) is 24.1 Å². The van der Waals surface area contributed by atoms with Gasteiger partial charge in [-0.2, -0.15) is 0 Å². The summed E-state index contributed by atoms with van der Waals surface area (Å²) in [5.74, 6) is 0. The summed E-state index contributed by atoms with van der Waals surface area (Å²) in [6, 6.07) is 2.94. The maximum Gasteiger partial charge on any atom is 0.288 e. The van der Waals surface area contributed by atoms with Crippen molar-refractivity contribution in [3.05, 3.63) is 56.6 Å². The van der Waals surface area contributed by atoms with E-state index < -0.39 is 4.92 Å². The SMILES string of the molecule is Cc1cc([N+](=O)[O-])c(Cl)cc1NC(C)c1nccnc1C. The van der Waals surface area contributed by atoms with Crippen LogP contribution in [-0.2, 0) is 0 Å². The van der Waals surface area contributed by atoms with Crippen molar-refractivity contribution in [3.63, 3.8) is 0 Å². The molecular formula is C14H15ClN4O2. The molecule has 21 heavy (non-hydrogen) atoms. The smallest absolute Gasteiger partial charge is 0.288 e. The van der Waals surface area contributed by atoms with Gasteiger partial charge >= 0.3 is 0 Å². The second-order valence-corrected chi connectivity index (χ2v) is 5.18. The Morgan fingerprint density at radius 2 is 1.95 bits per heavy atom. The Morgan fingerprint density at radius 1 is 1.29 bits per heavy atom. The monoisotopic (exact) mass is 306 g/mol. The van der Waals surface area contributed by atoms with E-state index in [0.717, 1.165) is 22.6 Å². The van der Waals surface area contributed by atoms with E-state index in [9.17, 15) is 10.1 Å². The number of hydrogen-bond acceptors (Lipinski definition) is 5. The molecule has 0 radical (unpaired) electrons. The van der Waals surface area contributed by atoms with Crippen molar-refractivity contribution in [1.82, 2.24) is 9.97 Å². The zero-order valence-corrected chi connectivity index (χ0v) is 12.7. The van der Waals surface area contributed by atoms with E-state index >= 15 is 0 Å². The zero-order chi connectivity index (χ0) is 15.6. The highest BCUT2D eigenvalue weighted by molar-refractivity contribution is 6.33. The molecule has 1 N–H and O–H groups in total. The van der Waals surface area contributed by atoms with Crippen molar-refractivity contribution in [2.45, 2.75) is 26.8 Å². The minimum atomic E-state index is -0.491. The molecule has 2 rings (SSSR count). The third kappa shape index (κ3) is 3.28. The molecule has 1 atom stereocenters. The Hall–Kier alpha value is -2.21. The fourth-order valence-electron chi connectivity index (χ4n) is 2.11. The van der Waals surface area contributed by atoms with Crippen LogP contribution >= 0.6 is 11.6 Å². The summed E-state index contributed by atoms with van der Waals surface area (Å²) in [7, 11) is 0. The molecular weight excluding hydrogens is 292 g/mol. The van der Waals surface area contributed by atoms with E-state index in [4.69, 9.17) is 11.6 Å². The zero-order valence-electron chi connectivity index (χ0n) is 11.9. The van der Waals surface area contributed by atoms with Crippen LogP contribution in [-0.4, -0.2) is 14.9 Å². The van der Waals surface area contributed by atoms with Gasteiger partial charge in [0.1, 0.15) is 5.02 Å². The van der Waals surface area contributed by atoms with Gasteiger partial charge in [0.2, 0.25) is 0 Å². The normalized spacial score (nSPS) is 12.0. The molecule has 0 aliphatic heterocycles. The van der Waals surface area contributed by atoms with Gasteiger partial charge < -0.3 is 5.32 Å². The summed E-state index contributed by atoms with van der Waals surface area (Å²) in [6.07, 6.45) is 3.27. The highest BCUT2D eigenvalue weighted by atomic mass is 35.5. The summed E-state index contributed by atoms with van der Waals surface area (Å²) >= 11 is 5.95. The van der Waals surface area contributed by atoms with Crippen molar-refractivity contribution in [2.75, 3.05) is 5.32 Å². The molecule has 0 fully saturated rings. The summed E-state index contributed by atoms with van der Waals surface area (Å²) in [5, 5.41) is 14.2. The van der Waals surface area contributed by atoms with Gasteiger partial charge in [-0.15, -0.1) is 0 Å². The lowest BCUT2D eigenvalue weighted by molar-refractivity contribution is -0.384. The second kappa shape index (κ2) is 6.05. The number of anilines is 1. The largest absolute Gasteiger partial charge is 0.377 e. The first-order chi connectivity index (χ1) is 9.90. The minimum absolute atomic E-state index is 0.0880. The number of nitro groups is 1. The number of nitrogens with one attached hydrogen (secondary N) is 1. The lowest BCUT2D eigenvalue weighted by atomic mass is 10.1. The predicted molar refractivity (Wildman–Crippen MR) is 81.7 cm³/mol. The fourth-order valence-corrected chi connectivity index (χ4v) is 2.34. The molecule has 0 spiro atoms. The van der Waals surface area contributed by atoms with Crippen LogP contribution in [0, 0.1) is 24.0 Å². The van der Waals surface area contributed by atoms with Gasteiger partial charge in [0.05, 0.1) is 22.4 Å². The first-order valence-corrected chi connectivity index (χ1v) is 6.76. The summed E-state index contributed by atoms with van der Waals surface area (Å²) < 4.78 is 0. The molecule has 1 aromatic carbocycles. The van der Waals surface area contributed by atoms with E-state index in [1.165, 1.54) is 6.07 Å². The van der Waals surface area contributed by atoms with Crippen LogP contribution < -0.4 is 5.32 Å². The van der Waals surface area contributed by atoms with Gasteiger partial charge in [-0.3, -0.25) is 20.1 Å². The van der Waals surface area contributed by atoms with Crippen LogP contribution in [0.4, 0.5) is 11.4 Å². The lowest BCUT2D eigenvalue weighted by Crippen LogP contribution is -2.12. The summed E-state index contributed by atoms with van der Waals surface area (Å²) in [6.45, 7) is 5.63. The summed E-state index contributed by atoms with van der Waals surface area (Å²) in [5.41, 5.74) is 3.06. The molecule has 0 saturated carbocycles. The first kappa shape index (κ1) is 15.2. The third-order valence-electron chi connectivity index (χ3n) is 3.19. The van der Waals surface area contributed by atoms with E-state index in [1.807, 2.05) is 13.8 Å². The quantitative estimate of drug-likeness (QED) is 0.686. The number of halogens is 1. The first-order valence-electron chi connectivity index (χ1n) is 6.38. The Bertz CT molecular complexity index is 691. The number of nitrogens with zero attached hydrogens (tertiary/aromatic N) is 3. The second-order valence-electron chi connectivity index (χ2n) is 4.77. The predicted octanol–water partition coefficient (Wildman–Crippen LogP) is 3.83. The molecule has 1 aromatic heterocycles. The van der Waals surface area contributed by atoms with Crippen LogP contribution in [0.15, 0.2) is 24.5 Å². The average molecular weight is 307 g/mol. The highest BCUT2D eigenvalue weighted by Gasteiger charge is 2.17. The van der Waals surface area contributed by atoms with Crippen LogP contribution in [0.5, 0.6) is 0 Å². The van der Waals surface area contributed by atoms with Crippen molar-refractivity contribution in [1.29, 1.82) is 0 Å². The number of rotatable bonds is 4. The molecule has 110 valence electrons. The molecule has 1 heterocycles. The molecule has 7 heteroatoms. The average Bonchev–Trinajstić information content (AvgIpc) is 2.42. The van der Waals surface area contributed by atoms with Gasteiger partial charge in [-0.1, -0.05) is 11.6 Å². The maximum atomic E-state index is 10.9. The number of hydrogen-bond donors (Lipinski definition) is 1. The van der Waals surface area contributed by atoms with Crippen LogP contribution in [0.2, 0.25) is 5.02 Å². The van der Waals surface area contributed by atoms with Crippen LogP contribution in [0.1, 0.15) is 29.9 Å². The third-order valence-corrected chi connectivity index (χ3v) is 3.49. The van der Waals surface area contributed by atoms with Gasteiger partial charge in [0.25, 0.3) is 5.69 Å². The Kier molecular flexibility index (Phi) is 4.37. The molecule has 6 nitrogen and oxygen atoms in total. The van der Waals surface area contributed by atoms with Crippen molar-refractivity contribution in [2.24, 2.45) is 0 Å². The van der Waals surface area contributed by atoms with Gasteiger partial charge in [-0.25, -0.2) is 0 Å². The van der Waals surface area contributed by atoms with E-state index in [0.29, 0.717) is 0 Å². The van der Waals surface area contributed by atoms with E-state index in [1.54, 1.807) is 25.4 Å². The fraction of sp³-hybridized carbons (Fsp3) is 0.286. The molecule has 0 aliphatic carbocycles. The van der Waals surface area contributed by atoms with Crippen LogP contribution in [0.25, 0.3) is 0 Å². The maximum absolute atomic E-state index is 10.9. The van der Waals surface area contributed by atoms with Crippen molar-refractivity contribution < 1.29 is 4.92 Å². The van der Waals surface area contributed by atoms with Gasteiger partial charge in [0.15, 0.2) is 0 Å². The lowest BCUT2D eigenvalue weighted by Gasteiger charge is -2.18. The standard InChI is InChI=1S/C14H15ClN4O2/c1-8-6-13(19(20)21)11(15)7-12(8)18-10(3)14-9(2)16-4-5-17-14/h4-7,10,18H,1-3H3. The number of aryl methyl sites for hydroxylation is 2. The van der Waals surface area contributed by atoms with Crippen LogP contribution in [0.3, 0.4) is 0 Å². The Balaban J connectivity index is 2.30. The Labute approximate surface area is 127 Å². The number of benzene rings is 1. The van der Waals surface area contributed by atoms with E-state index in [2.05, 4.69) is 15.3 Å². The number of nitro benzene ring substituents is 1. The molecule has 0 saturated heterocycles. The molecule has 0 amide bonds. The number of aromatic nitrogens is 2. The topological polar surface area (TPSA) is 81.0 Å². The minimum Gasteiger partial charge on any atom is -0.377 e. The molecule has 2 aromatic rings. The van der Waals surface area contributed by atoms with Crippen molar-refractivity contribution >= 4 is 23.0 Å². The van der Waals surface area contributed by atoms with Crippen molar-refractivity contribution in [3.8, 4) is 0 Å².